The fourth-order valence-electron chi connectivity index (χ4n) is 2.02. The zero-order chi connectivity index (χ0) is 19.4. The van der Waals surface area contributed by atoms with Crippen LogP contribution in [0.2, 0.25) is 0 Å². The third-order valence-corrected chi connectivity index (χ3v) is 3.43. The quantitative estimate of drug-likeness (QED) is 0.566. The smallest absolute Gasteiger partial charge is 0.390 e. The van der Waals surface area contributed by atoms with Crippen LogP contribution in [0, 0.1) is 4.77 Å². The highest BCUT2D eigenvalue weighted by molar-refractivity contribution is 7.71. The van der Waals surface area contributed by atoms with E-state index < -0.39 is 30.1 Å². The minimum atomic E-state index is -4.94. The van der Waals surface area contributed by atoms with Gasteiger partial charge in [0.05, 0.1) is 30.0 Å². The molecule has 0 bridgehead atoms. The molecule has 140 valence electrons. The third kappa shape index (κ3) is 5.33. The molecule has 10 heteroatoms. The Morgan fingerprint density at radius 1 is 1.08 bits per heavy atom. The lowest BCUT2D eigenvalue weighted by molar-refractivity contribution is -0.143. The molecule has 25 heavy (non-hydrogen) atoms. The molecule has 1 aromatic carbocycles. The van der Waals surface area contributed by atoms with Crippen LogP contribution in [0.4, 0.5) is 26.3 Å². The van der Waals surface area contributed by atoms with Crippen molar-refractivity contribution < 1.29 is 31.4 Å². The molecule has 0 amide bonds. The van der Waals surface area contributed by atoms with Crippen molar-refractivity contribution in [1.82, 2.24) is 9.55 Å². The molecule has 0 atom stereocenters. The topological polar surface area (TPSA) is 41.0 Å². The maximum atomic E-state index is 13.0. The number of hydrogen-bond donors (Lipinski definition) is 2. The van der Waals surface area contributed by atoms with Gasteiger partial charge >= 0.3 is 12.4 Å². The van der Waals surface area contributed by atoms with E-state index in [1.54, 1.807) is 0 Å². The number of hydrogen-bond acceptors (Lipinski definition) is 2. The molecule has 0 radical (unpaired) electrons. The second-order valence-electron chi connectivity index (χ2n) is 4.74. The van der Waals surface area contributed by atoms with Crippen LogP contribution in [0.25, 0.3) is 0 Å². The van der Waals surface area contributed by atoms with Gasteiger partial charge in [-0.15, -0.1) is 0 Å². The highest BCUT2D eigenvalue weighted by Gasteiger charge is 2.38. The van der Waals surface area contributed by atoms with Crippen LogP contribution in [-0.4, -0.2) is 14.7 Å². The number of aliphatic hydroxyl groups is 1. The first-order chi connectivity index (χ1) is 11.5. The van der Waals surface area contributed by atoms with Gasteiger partial charge in [0.25, 0.3) is 0 Å². The van der Waals surface area contributed by atoms with Gasteiger partial charge in [-0.25, -0.2) is 0 Å². The zero-order valence-corrected chi connectivity index (χ0v) is 14.1. The van der Waals surface area contributed by atoms with Crippen molar-refractivity contribution in [1.29, 1.82) is 0 Å². The summed E-state index contributed by atoms with van der Waals surface area (Å²) in [6.07, 6.45) is -8.50. The molecule has 2 rings (SSSR count). The van der Waals surface area contributed by atoms with Crippen LogP contribution < -0.4 is 0 Å². The molecular formula is C15H16F6N2OS. The second-order valence-corrected chi connectivity index (χ2v) is 5.12. The van der Waals surface area contributed by atoms with Gasteiger partial charge in [0.2, 0.25) is 0 Å². The van der Waals surface area contributed by atoms with E-state index >= 15 is 0 Å². The summed E-state index contributed by atoms with van der Waals surface area (Å²) in [7, 11) is 0. The zero-order valence-electron chi connectivity index (χ0n) is 13.3. The van der Waals surface area contributed by atoms with E-state index in [-0.39, 0.29) is 28.6 Å². The monoisotopic (exact) mass is 386 g/mol. The largest absolute Gasteiger partial charge is 0.416 e. The van der Waals surface area contributed by atoms with Crippen LogP contribution in [0.3, 0.4) is 0 Å². The molecule has 0 saturated heterocycles. The minimum Gasteiger partial charge on any atom is -0.390 e. The van der Waals surface area contributed by atoms with Crippen molar-refractivity contribution in [2.75, 3.05) is 0 Å². The predicted molar refractivity (Wildman–Crippen MR) is 82.4 cm³/mol. The van der Waals surface area contributed by atoms with E-state index in [1.807, 2.05) is 13.8 Å². The van der Waals surface area contributed by atoms with Crippen LogP contribution >= 0.6 is 12.2 Å². The Bertz CT molecular complexity index is 761. The van der Waals surface area contributed by atoms with Gasteiger partial charge < -0.3 is 14.7 Å². The van der Waals surface area contributed by atoms with Crippen LogP contribution in [-0.2, 0) is 25.5 Å². The lowest BCUT2D eigenvalue weighted by atomic mass is 10.0. The molecule has 2 N–H and O–H groups in total. The highest BCUT2D eigenvalue weighted by atomic mass is 32.1. The molecule has 2 aromatic rings. The standard InChI is InChI=1S/C13H10F6N2OS.C2H6/c14-12(15,16)8-2-1-7(10(3-8)13(17,18)19)4-21-5-9(6-22)20-11(21)23;1-2/h1-3,5,22H,4,6H2,(H,20,23);1-2H3. The number of H-pyrrole nitrogens is 1. The number of aromatic nitrogens is 2. The number of nitrogens with one attached hydrogen (secondary N) is 1. The third-order valence-electron chi connectivity index (χ3n) is 3.09. The molecule has 0 spiro atoms. The highest BCUT2D eigenvalue weighted by Crippen LogP contribution is 2.37. The summed E-state index contributed by atoms with van der Waals surface area (Å²) >= 11 is 4.90. The maximum absolute atomic E-state index is 13.0. The summed E-state index contributed by atoms with van der Waals surface area (Å²) in [4.78, 5) is 2.57. The summed E-state index contributed by atoms with van der Waals surface area (Å²) in [5.41, 5.74) is -2.82. The molecule has 0 saturated carbocycles. The van der Waals surface area contributed by atoms with Gasteiger partial charge in [-0.3, -0.25) is 0 Å². The van der Waals surface area contributed by atoms with Gasteiger partial charge in [-0.1, -0.05) is 19.9 Å². The molecular weight excluding hydrogens is 370 g/mol. The number of halogens is 6. The lowest BCUT2D eigenvalue weighted by Crippen LogP contribution is -2.15. The fraction of sp³-hybridized carbons (Fsp3) is 0.400. The average molecular weight is 386 g/mol. The Kier molecular flexibility index (Phi) is 6.83. The Morgan fingerprint density at radius 3 is 2.12 bits per heavy atom. The molecule has 0 fully saturated rings. The van der Waals surface area contributed by atoms with Crippen LogP contribution in [0.1, 0.15) is 36.2 Å². The van der Waals surface area contributed by atoms with Crippen molar-refractivity contribution in [3.63, 3.8) is 0 Å². The number of rotatable bonds is 3. The van der Waals surface area contributed by atoms with E-state index in [4.69, 9.17) is 17.3 Å². The van der Waals surface area contributed by atoms with Gasteiger partial charge in [0.1, 0.15) is 0 Å². The first kappa shape index (κ1) is 21.2. The molecule has 0 aliphatic rings. The van der Waals surface area contributed by atoms with E-state index in [2.05, 4.69) is 4.98 Å². The SMILES string of the molecule is CC.OCc1cn(Cc2ccc(C(F)(F)F)cc2C(F)(F)F)c(=S)[nH]1. The Morgan fingerprint density at radius 2 is 1.68 bits per heavy atom. The summed E-state index contributed by atoms with van der Waals surface area (Å²) in [6, 6.07) is 1.45. The summed E-state index contributed by atoms with van der Waals surface area (Å²) in [6.45, 7) is 3.23. The average Bonchev–Trinajstić information content (AvgIpc) is 2.88. The van der Waals surface area contributed by atoms with Gasteiger partial charge in [0, 0.05) is 6.20 Å². The van der Waals surface area contributed by atoms with Crippen molar-refractivity contribution in [2.45, 2.75) is 39.4 Å². The molecule has 1 aromatic heterocycles. The van der Waals surface area contributed by atoms with Crippen molar-refractivity contribution in [2.24, 2.45) is 0 Å². The summed E-state index contributed by atoms with van der Waals surface area (Å²) in [5.74, 6) is 0. The van der Waals surface area contributed by atoms with Crippen molar-refractivity contribution >= 4 is 12.2 Å². The molecule has 0 aliphatic carbocycles. The number of nitrogens with zero attached hydrogens (tertiary/aromatic N) is 1. The lowest BCUT2D eigenvalue weighted by Gasteiger charge is -2.16. The number of aromatic amines is 1. The predicted octanol–water partition coefficient (Wildman–Crippen LogP) is 5.15. The number of alkyl halides is 6. The van der Waals surface area contributed by atoms with E-state index in [1.165, 1.54) is 10.8 Å². The first-order valence-corrected chi connectivity index (χ1v) is 7.59. The van der Waals surface area contributed by atoms with Crippen LogP contribution in [0.5, 0.6) is 0 Å². The van der Waals surface area contributed by atoms with Gasteiger partial charge in [-0.2, -0.15) is 26.3 Å². The molecule has 1 heterocycles. The Hall–Kier alpha value is -1.81. The number of aliphatic hydroxyl groups excluding tert-OH is 1. The van der Waals surface area contributed by atoms with E-state index in [9.17, 15) is 26.3 Å². The van der Waals surface area contributed by atoms with Gasteiger partial charge in [-0.05, 0) is 29.9 Å². The fourth-order valence-corrected chi connectivity index (χ4v) is 2.27. The Labute approximate surface area is 144 Å². The Balaban J connectivity index is 0.00000151. The maximum Gasteiger partial charge on any atom is 0.416 e. The van der Waals surface area contributed by atoms with Crippen LogP contribution in [0.15, 0.2) is 24.4 Å². The number of imidazole rings is 1. The van der Waals surface area contributed by atoms with Gasteiger partial charge in [0.15, 0.2) is 4.77 Å². The van der Waals surface area contributed by atoms with Crippen molar-refractivity contribution in [3.8, 4) is 0 Å². The number of benzene rings is 1. The molecule has 3 nitrogen and oxygen atoms in total. The second kappa shape index (κ2) is 8.05. The van der Waals surface area contributed by atoms with E-state index in [0.717, 1.165) is 6.07 Å². The normalized spacial score (nSPS) is 11.9. The molecule has 0 aliphatic heterocycles. The van der Waals surface area contributed by atoms with E-state index in [0.29, 0.717) is 6.07 Å². The molecule has 0 unspecified atom stereocenters. The summed E-state index contributed by atoms with van der Waals surface area (Å²) in [5, 5.41) is 8.96. The first-order valence-electron chi connectivity index (χ1n) is 7.19. The summed E-state index contributed by atoms with van der Waals surface area (Å²) < 4.78 is 78.2. The minimum absolute atomic E-state index is 0.0575. The van der Waals surface area contributed by atoms with Crippen molar-refractivity contribution in [3.05, 3.63) is 51.6 Å².